The topological polar surface area (TPSA) is 75.2 Å². The number of pyridine rings is 2. The van der Waals surface area contributed by atoms with E-state index >= 15 is 0 Å². The predicted octanol–water partition coefficient (Wildman–Crippen LogP) is 3.04. The van der Waals surface area contributed by atoms with E-state index in [4.69, 9.17) is 23.2 Å². The van der Waals surface area contributed by atoms with Gasteiger partial charge < -0.3 is 4.90 Å². The molecule has 0 amide bonds. The number of aromatic nitrogens is 2. The predicted molar refractivity (Wildman–Crippen MR) is 98.8 cm³/mol. The van der Waals surface area contributed by atoms with Crippen molar-refractivity contribution in [3.63, 3.8) is 0 Å². The lowest BCUT2D eigenvalue weighted by Crippen LogP contribution is -2.45. The summed E-state index contributed by atoms with van der Waals surface area (Å²) in [5, 5.41) is 0.0318. The SMILES string of the molecule is Cc1cccc(N2CCC(NS(=O)(=O)c3ccc(Cl)nc3Cl)CC2)n1. The van der Waals surface area contributed by atoms with Crippen LogP contribution in [0.15, 0.2) is 35.2 Å². The van der Waals surface area contributed by atoms with Crippen molar-refractivity contribution in [3.05, 3.63) is 46.3 Å². The van der Waals surface area contributed by atoms with Gasteiger partial charge in [0, 0.05) is 24.8 Å². The average molecular weight is 401 g/mol. The van der Waals surface area contributed by atoms with E-state index in [9.17, 15) is 8.42 Å². The zero-order chi connectivity index (χ0) is 18.0. The molecule has 2 aromatic heterocycles. The quantitative estimate of drug-likeness (QED) is 0.798. The first kappa shape index (κ1) is 18.4. The summed E-state index contributed by atoms with van der Waals surface area (Å²) in [4.78, 5) is 10.4. The minimum atomic E-state index is -3.73. The maximum absolute atomic E-state index is 12.5. The Balaban J connectivity index is 1.65. The van der Waals surface area contributed by atoms with Gasteiger partial charge in [-0.3, -0.25) is 0 Å². The van der Waals surface area contributed by atoms with E-state index in [2.05, 4.69) is 19.6 Å². The smallest absolute Gasteiger partial charge is 0.243 e. The summed E-state index contributed by atoms with van der Waals surface area (Å²) in [5.41, 5.74) is 0.963. The van der Waals surface area contributed by atoms with Crippen molar-refractivity contribution in [2.75, 3.05) is 18.0 Å². The van der Waals surface area contributed by atoms with Crippen molar-refractivity contribution >= 4 is 39.0 Å². The summed E-state index contributed by atoms with van der Waals surface area (Å²) in [6, 6.07) is 8.52. The molecule has 2 aromatic rings. The first-order chi connectivity index (χ1) is 11.8. The van der Waals surface area contributed by atoms with Crippen molar-refractivity contribution in [3.8, 4) is 0 Å². The second-order valence-corrected chi connectivity index (χ2v) is 8.37. The van der Waals surface area contributed by atoms with Gasteiger partial charge in [0.05, 0.1) is 0 Å². The van der Waals surface area contributed by atoms with Crippen LogP contribution in [0.4, 0.5) is 5.82 Å². The van der Waals surface area contributed by atoms with Crippen LogP contribution in [0.25, 0.3) is 0 Å². The molecule has 1 saturated heterocycles. The Morgan fingerprint density at radius 1 is 1.12 bits per heavy atom. The van der Waals surface area contributed by atoms with Crippen molar-refractivity contribution in [1.29, 1.82) is 0 Å². The Hall–Kier alpha value is -1.41. The highest BCUT2D eigenvalue weighted by molar-refractivity contribution is 7.89. The molecule has 0 unspecified atom stereocenters. The van der Waals surface area contributed by atoms with E-state index < -0.39 is 10.0 Å². The Bertz CT molecular complexity index is 868. The van der Waals surface area contributed by atoms with Crippen LogP contribution in [-0.4, -0.2) is 37.5 Å². The number of sulfonamides is 1. The van der Waals surface area contributed by atoms with E-state index in [-0.39, 0.29) is 21.2 Å². The fourth-order valence-electron chi connectivity index (χ4n) is 2.81. The first-order valence-corrected chi connectivity index (χ1v) is 10.1. The van der Waals surface area contributed by atoms with Gasteiger partial charge in [0.2, 0.25) is 10.0 Å². The number of halogens is 2. The Morgan fingerprint density at radius 2 is 1.84 bits per heavy atom. The molecule has 6 nitrogen and oxygen atoms in total. The number of piperidine rings is 1. The molecule has 25 heavy (non-hydrogen) atoms. The highest BCUT2D eigenvalue weighted by Gasteiger charge is 2.27. The maximum Gasteiger partial charge on any atom is 0.243 e. The molecule has 1 aliphatic rings. The number of rotatable bonds is 4. The molecule has 134 valence electrons. The minimum absolute atomic E-state index is 0.0543. The summed E-state index contributed by atoms with van der Waals surface area (Å²) < 4.78 is 27.8. The fraction of sp³-hybridized carbons (Fsp3) is 0.375. The Morgan fingerprint density at radius 3 is 2.48 bits per heavy atom. The van der Waals surface area contributed by atoms with Crippen LogP contribution in [0.5, 0.6) is 0 Å². The van der Waals surface area contributed by atoms with Gasteiger partial charge in [-0.2, -0.15) is 0 Å². The van der Waals surface area contributed by atoms with E-state index in [1.807, 2.05) is 25.1 Å². The summed E-state index contributed by atoms with van der Waals surface area (Å²) in [7, 11) is -3.73. The van der Waals surface area contributed by atoms with Crippen LogP contribution in [0.1, 0.15) is 18.5 Å². The lowest BCUT2D eigenvalue weighted by atomic mass is 10.1. The molecule has 0 aromatic carbocycles. The van der Waals surface area contributed by atoms with Gasteiger partial charge in [0.25, 0.3) is 0 Å². The van der Waals surface area contributed by atoms with E-state index in [0.717, 1.165) is 24.6 Å². The van der Waals surface area contributed by atoms with Gasteiger partial charge in [0.15, 0.2) is 5.15 Å². The number of hydrogen-bond donors (Lipinski definition) is 1. The second-order valence-electron chi connectivity index (χ2n) is 5.94. The minimum Gasteiger partial charge on any atom is -0.356 e. The molecule has 0 spiro atoms. The third-order valence-electron chi connectivity index (χ3n) is 4.08. The number of anilines is 1. The van der Waals surface area contributed by atoms with Crippen molar-refractivity contribution < 1.29 is 8.42 Å². The van der Waals surface area contributed by atoms with Gasteiger partial charge in [-0.05, 0) is 44.0 Å². The summed E-state index contributed by atoms with van der Waals surface area (Å²) in [5.74, 6) is 0.922. The molecule has 1 aliphatic heterocycles. The summed E-state index contributed by atoms with van der Waals surface area (Å²) in [6.07, 6.45) is 1.38. The largest absolute Gasteiger partial charge is 0.356 e. The standard InChI is InChI=1S/C16H18Cl2N4O2S/c1-11-3-2-4-15(19-11)22-9-7-12(8-10-22)21-25(23,24)13-5-6-14(17)20-16(13)18/h2-6,12,21H,7-10H2,1H3. The molecule has 3 heterocycles. The second kappa shape index (κ2) is 7.45. The molecule has 0 radical (unpaired) electrons. The normalized spacial score (nSPS) is 16.2. The number of aryl methyl sites for hydroxylation is 1. The molecule has 3 rings (SSSR count). The van der Waals surface area contributed by atoms with Crippen molar-refractivity contribution in [1.82, 2.24) is 14.7 Å². The van der Waals surface area contributed by atoms with Gasteiger partial charge in [0.1, 0.15) is 15.9 Å². The Kier molecular flexibility index (Phi) is 5.48. The molecule has 0 saturated carbocycles. The van der Waals surface area contributed by atoms with Crippen molar-refractivity contribution in [2.24, 2.45) is 0 Å². The van der Waals surface area contributed by atoms with E-state index in [1.165, 1.54) is 12.1 Å². The molecule has 1 fully saturated rings. The average Bonchev–Trinajstić information content (AvgIpc) is 2.54. The van der Waals surface area contributed by atoms with Crippen LogP contribution in [0, 0.1) is 6.92 Å². The third-order valence-corrected chi connectivity index (χ3v) is 6.25. The fourth-order valence-corrected chi connectivity index (χ4v) is 4.78. The van der Waals surface area contributed by atoms with E-state index in [0.29, 0.717) is 12.8 Å². The lowest BCUT2D eigenvalue weighted by Gasteiger charge is -2.33. The molecule has 0 bridgehead atoms. The maximum atomic E-state index is 12.5. The van der Waals surface area contributed by atoms with Gasteiger partial charge >= 0.3 is 0 Å². The van der Waals surface area contributed by atoms with Crippen LogP contribution in [0.3, 0.4) is 0 Å². The molecular formula is C16H18Cl2N4O2S. The molecule has 0 atom stereocenters. The summed E-state index contributed by atoms with van der Waals surface area (Å²) >= 11 is 11.6. The van der Waals surface area contributed by atoms with Crippen LogP contribution in [-0.2, 0) is 10.0 Å². The molecular weight excluding hydrogens is 383 g/mol. The van der Waals surface area contributed by atoms with E-state index in [1.54, 1.807) is 0 Å². The monoisotopic (exact) mass is 400 g/mol. The highest BCUT2D eigenvalue weighted by Crippen LogP contribution is 2.23. The number of nitrogens with one attached hydrogen (secondary N) is 1. The molecule has 1 N–H and O–H groups in total. The Labute approximate surface area is 157 Å². The van der Waals surface area contributed by atoms with Crippen LogP contribution >= 0.6 is 23.2 Å². The van der Waals surface area contributed by atoms with Crippen molar-refractivity contribution in [2.45, 2.75) is 30.7 Å². The van der Waals surface area contributed by atoms with Gasteiger partial charge in [-0.1, -0.05) is 29.3 Å². The molecule has 9 heteroatoms. The first-order valence-electron chi connectivity index (χ1n) is 7.88. The van der Waals surface area contributed by atoms with Crippen LogP contribution in [0.2, 0.25) is 10.3 Å². The zero-order valence-electron chi connectivity index (χ0n) is 13.6. The van der Waals surface area contributed by atoms with Gasteiger partial charge in [-0.15, -0.1) is 0 Å². The lowest BCUT2D eigenvalue weighted by molar-refractivity contribution is 0.458. The zero-order valence-corrected chi connectivity index (χ0v) is 15.9. The number of nitrogens with zero attached hydrogens (tertiary/aromatic N) is 3. The molecule has 0 aliphatic carbocycles. The third kappa shape index (κ3) is 4.41. The number of hydrogen-bond acceptors (Lipinski definition) is 5. The van der Waals surface area contributed by atoms with Gasteiger partial charge in [-0.25, -0.2) is 23.1 Å². The summed E-state index contributed by atoms with van der Waals surface area (Å²) in [6.45, 7) is 3.42. The van der Waals surface area contributed by atoms with Crippen LogP contribution < -0.4 is 9.62 Å². The highest BCUT2D eigenvalue weighted by atomic mass is 35.5.